The van der Waals surface area contributed by atoms with Crippen LogP contribution < -0.4 is 5.32 Å². The maximum atomic E-state index is 11.6. The van der Waals surface area contributed by atoms with Gasteiger partial charge in [0.1, 0.15) is 5.75 Å². The second kappa shape index (κ2) is 4.75. The van der Waals surface area contributed by atoms with Gasteiger partial charge >= 0.3 is 5.97 Å². The molecule has 1 heterocycles. The van der Waals surface area contributed by atoms with Crippen molar-refractivity contribution in [2.45, 2.75) is 18.6 Å². The molecule has 5 nitrogen and oxygen atoms in total. The van der Waals surface area contributed by atoms with Crippen LogP contribution in [0.25, 0.3) is 0 Å². The minimum atomic E-state index is -3.32. The van der Waals surface area contributed by atoms with E-state index in [0.29, 0.717) is 19.5 Å². The molecule has 0 saturated carbocycles. The summed E-state index contributed by atoms with van der Waals surface area (Å²) >= 11 is 0. The van der Waals surface area contributed by atoms with E-state index in [9.17, 15) is 13.2 Å². The van der Waals surface area contributed by atoms with E-state index in [0.717, 1.165) is 0 Å². The Labute approximate surface area is 83.7 Å². The molecule has 0 bridgehead atoms. The SMILES string of the molecule is CCOC(=O)CS(=O)(=O)C1CCNC1. The van der Waals surface area contributed by atoms with Crippen LogP contribution in [-0.2, 0) is 19.4 Å². The summed E-state index contributed by atoms with van der Waals surface area (Å²) in [4.78, 5) is 11.0. The Hall–Kier alpha value is -0.620. The fourth-order valence-electron chi connectivity index (χ4n) is 1.42. The quantitative estimate of drug-likeness (QED) is 0.637. The summed E-state index contributed by atoms with van der Waals surface area (Å²) in [5.41, 5.74) is 0. The number of ether oxygens (including phenoxy) is 1. The molecule has 1 unspecified atom stereocenters. The summed E-state index contributed by atoms with van der Waals surface area (Å²) in [6.45, 7) is 3.02. The zero-order chi connectivity index (χ0) is 10.6. The number of hydrogen-bond donors (Lipinski definition) is 1. The Morgan fingerprint density at radius 3 is 2.79 bits per heavy atom. The Balaban J connectivity index is 2.52. The van der Waals surface area contributed by atoms with Crippen molar-refractivity contribution < 1.29 is 17.9 Å². The Morgan fingerprint density at radius 1 is 1.57 bits per heavy atom. The van der Waals surface area contributed by atoms with Crippen LogP contribution in [0.2, 0.25) is 0 Å². The maximum absolute atomic E-state index is 11.6. The van der Waals surface area contributed by atoms with Gasteiger partial charge in [0.2, 0.25) is 0 Å². The molecular formula is C8H15NO4S. The highest BCUT2D eigenvalue weighted by Gasteiger charge is 2.30. The fraction of sp³-hybridized carbons (Fsp3) is 0.875. The van der Waals surface area contributed by atoms with E-state index >= 15 is 0 Å². The van der Waals surface area contributed by atoms with E-state index in [1.54, 1.807) is 6.92 Å². The first-order chi connectivity index (χ1) is 6.56. The van der Waals surface area contributed by atoms with E-state index in [1.807, 2.05) is 0 Å². The first-order valence-corrected chi connectivity index (χ1v) is 6.35. The molecule has 0 aromatic rings. The third-order valence-electron chi connectivity index (χ3n) is 2.15. The number of esters is 1. The Morgan fingerprint density at radius 2 is 2.29 bits per heavy atom. The molecule has 1 rings (SSSR count). The third-order valence-corrected chi connectivity index (χ3v) is 4.20. The van der Waals surface area contributed by atoms with Crippen LogP contribution in [0.3, 0.4) is 0 Å². The normalized spacial score (nSPS) is 22.2. The lowest BCUT2D eigenvalue weighted by Gasteiger charge is -2.09. The summed E-state index contributed by atoms with van der Waals surface area (Å²) in [7, 11) is -3.32. The molecule has 6 heteroatoms. The van der Waals surface area contributed by atoms with Gasteiger partial charge in [-0.05, 0) is 19.9 Å². The van der Waals surface area contributed by atoms with Crippen molar-refractivity contribution in [3.8, 4) is 0 Å². The van der Waals surface area contributed by atoms with Crippen LogP contribution >= 0.6 is 0 Å². The van der Waals surface area contributed by atoms with E-state index < -0.39 is 26.8 Å². The van der Waals surface area contributed by atoms with Crippen molar-refractivity contribution in [3.05, 3.63) is 0 Å². The molecule has 1 aliphatic rings. The van der Waals surface area contributed by atoms with E-state index in [1.165, 1.54) is 0 Å². The second-order valence-corrected chi connectivity index (χ2v) is 5.51. The lowest BCUT2D eigenvalue weighted by Crippen LogP contribution is -2.30. The molecule has 1 atom stereocenters. The number of sulfone groups is 1. The van der Waals surface area contributed by atoms with E-state index in [4.69, 9.17) is 0 Å². The minimum Gasteiger partial charge on any atom is -0.465 e. The predicted octanol–water partition coefficient (Wildman–Crippen LogP) is -0.674. The number of nitrogens with one attached hydrogen (secondary N) is 1. The van der Waals surface area contributed by atoms with E-state index in [-0.39, 0.29) is 6.61 Å². The first kappa shape index (κ1) is 11.5. The Bertz CT molecular complexity index is 292. The smallest absolute Gasteiger partial charge is 0.321 e. The van der Waals surface area contributed by atoms with Gasteiger partial charge in [-0.2, -0.15) is 0 Å². The van der Waals surface area contributed by atoms with Gasteiger partial charge in [0.25, 0.3) is 0 Å². The zero-order valence-corrected chi connectivity index (χ0v) is 8.97. The molecule has 1 aliphatic heterocycles. The van der Waals surface area contributed by atoms with Crippen LogP contribution in [0, 0.1) is 0 Å². The Kier molecular flexibility index (Phi) is 3.88. The van der Waals surface area contributed by atoms with Crippen LogP contribution in [-0.4, -0.2) is 45.1 Å². The number of hydrogen-bond acceptors (Lipinski definition) is 5. The second-order valence-electron chi connectivity index (χ2n) is 3.23. The number of carbonyl (C=O) groups excluding carboxylic acids is 1. The van der Waals surface area contributed by atoms with Crippen molar-refractivity contribution in [1.82, 2.24) is 5.32 Å². The van der Waals surface area contributed by atoms with Crippen molar-refractivity contribution in [2.75, 3.05) is 25.4 Å². The summed E-state index contributed by atoms with van der Waals surface area (Å²) in [5.74, 6) is -1.15. The molecule has 0 aliphatic carbocycles. The average molecular weight is 221 g/mol. The lowest BCUT2D eigenvalue weighted by atomic mass is 10.4. The molecule has 1 fully saturated rings. The van der Waals surface area contributed by atoms with E-state index in [2.05, 4.69) is 10.1 Å². The fourth-order valence-corrected chi connectivity index (χ4v) is 2.92. The van der Waals surface area contributed by atoms with Crippen LogP contribution in [0.15, 0.2) is 0 Å². The molecular weight excluding hydrogens is 206 g/mol. The summed E-state index contributed by atoms with van der Waals surface area (Å²) in [6, 6.07) is 0. The van der Waals surface area contributed by atoms with Crippen LogP contribution in [0.4, 0.5) is 0 Å². The van der Waals surface area contributed by atoms with Crippen LogP contribution in [0.5, 0.6) is 0 Å². The van der Waals surface area contributed by atoms with Gasteiger partial charge in [0.05, 0.1) is 11.9 Å². The lowest BCUT2D eigenvalue weighted by molar-refractivity contribution is -0.139. The van der Waals surface area contributed by atoms with Crippen molar-refractivity contribution >= 4 is 15.8 Å². The van der Waals surface area contributed by atoms with Gasteiger partial charge < -0.3 is 10.1 Å². The molecule has 14 heavy (non-hydrogen) atoms. The molecule has 0 spiro atoms. The summed E-state index contributed by atoms with van der Waals surface area (Å²) < 4.78 is 27.8. The largest absolute Gasteiger partial charge is 0.465 e. The molecule has 82 valence electrons. The molecule has 0 aromatic heterocycles. The maximum Gasteiger partial charge on any atom is 0.321 e. The summed E-state index contributed by atoms with van der Waals surface area (Å²) in [5, 5.41) is 2.53. The van der Waals surface area contributed by atoms with Crippen LogP contribution in [0.1, 0.15) is 13.3 Å². The molecule has 1 N–H and O–H groups in total. The average Bonchev–Trinajstić information content (AvgIpc) is 2.54. The van der Waals surface area contributed by atoms with Crippen molar-refractivity contribution in [1.29, 1.82) is 0 Å². The third kappa shape index (κ3) is 2.95. The van der Waals surface area contributed by atoms with Crippen molar-refractivity contribution in [3.63, 3.8) is 0 Å². The molecule has 0 amide bonds. The number of rotatable bonds is 4. The van der Waals surface area contributed by atoms with Gasteiger partial charge in [-0.25, -0.2) is 8.42 Å². The van der Waals surface area contributed by atoms with Gasteiger partial charge in [-0.15, -0.1) is 0 Å². The van der Waals surface area contributed by atoms with Gasteiger partial charge in [-0.1, -0.05) is 0 Å². The molecule has 0 aromatic carbocycles. The first-order valence-electron chi connectivity index (χ1n) is 4.64. The monoisotopic (exact) mass is 221 g/mol. The van der Waals surface area contributed by atoms with Crippen molar-refractivity contribution in [2.24, 2.45) is 0 Å². The standard InChI is InChI=1S/C8H15NO4S/c1-2-13-8(10)6-14(11,12)7-3-4-9-5-7/h7,9H,2-6H2,1H3. The van der Waals surface area contributed by atoms with Gasteiger partial charge in [-0.3, -0.25) is 4.79 Å². The van der Waals surface area contributed by atoms with Gasteiger partial charge in [0, 0.05) is 6.54 Å². The minimum absolute atomic E-state index is 0.220. The highest BCUT2D eigenvalue weighted by atomic mass is 32.2. The highest BCUT2D eigenvalue weighted by molar-refractivity contribution is 7.92. The molecule has 0 radical (unpaired) electrons. The number of carbonyl (C=O) groups is 1. The summed E-state index contributed by atoms with van der Waals surface area (Å²) in [6.07, 6.45) is 0.585. The van der Waals surface area contributed by atoms with Gasteiger partial charge in [0.15, 0.2) is 9.84 Å². The predicted molar refractivity (Wildman–Crippen MR) is 51.7 cm³/mol. The topological polar surface area (TPSA) is 72.5 Å². The molecule has 1 saturated heterocycles. The zero-order valence-electron chi connectivity index (χ0n) is 8.15. The highest BCUT2D eigenvalue weighted by Crippen LogP contribution is 2.10.